The summed E-state index contributed by atoms with van der Waals surface area (Å²) in [6, 6.07) is -0.579. The summed E-state index contributed by atoms with van der Waals surface area (Å²) in [5.41, 5.74) is 0.855. The Kier molecular flexibility index (Phi) is 7.59. The maximum atomic E-state index is 12.3. The predicted octanol–water partition coefficient (Wildman–Crippen LogP) is 3.54. The van der Waals surface area contributed by atoms with Gasteiger partial charge in [-0.3, -0.25) is 4.79 Å². The first-order chi connectivity index (χ1) is 10.7. The molecule has 0 bridgehead atoms. The van der Waals surface area contributed by atoms with Crippen molar-refractivity contribution in [2.45, 2.75) is 78.4 Å². The summed E-state index contributed by atoms with van der Waals surface area (Å²) in [7, 11) is 0. The van der Waals surface area contributed by atoms with E-state index in [-0.39, 0.29) is 11.8 Å². The topological polar surface area (TPSA) is 67.4 Å². The summed E-state index contributed by atoms with van der Waals surface area (Å²) >= 11 is 0. The Labute approximate surface area is 140 Å². The summed E-state index contributed by atoms with van der Waals surface area (Å²) < 4.78 is 5.23. The van der Waals surface area contributed by atoms with Crippen molar-refractivity contribution >= 4 is 12.0 Å². The molecule has 1 aliphatic carbocycles. The second kappa shape index (κ2) is 8.94. The fraction of sp³-hybridized carbons (Fsp3) is 0.778. The van der Waals surface area contributed by atoms with Crippen LogP contribution < -0.4 is 10.6 Å². The lowest BCUT2D eigenvalue weighted by Crippen LogP contribution is -2.51. The van der Waals surface area contributed by atoms with Gasteiger partial charge >= 0.3 is 6.09 Å². The summed E-state index contributed by atoms with van der Waals surface area (Å²) in [6.07, 6.45) is 7.43. The Hall–Kier alpha value is -1.52. The zero-order valence-corrected chi connectivity index (χ0v) is 15.2. The van der Waals surface area contributed by atoms with Crippen molar-refractivity contribution in [3.05, 3.63) is 11.6 Å². The average Bonchev–Trinajstić information content (AvgIpc) is 2.43. The molecule has 2 N–H and O–H groups in total. The van der Waals surface area contributed by atoms with Crippen LogP contribution in [0.5, 0.6) is 0 Å². The number of amides is 2. The minimum atomic E-state index is -0.579. The largest absolute Gasteiger partial charge is 0.444 e. The van der Waals surface area contributed by atoms with Crippen LogP contribution in [0.2, 0.25) is 0 Å². The molecule has 0 aromatic carbocycles. The van der Waals surface area contributed by atoms with Crippen LogP contribution in [0, 0.1) is 5.92 Å². The molecule has 0 spiro atoms. The monoisotopic (exact) mass is 324 g/mol. The van der Waals surface area contributed by atoms with Crippen LogP contribution in [0.15, 0.2) is 11.6 Å². The fourth-order valence-corrected chi connectivity index (χ4v) is 2.56. The molecule has 0 aromatic rings. The molecule has 1 aliphatic rings. The highest BCUT2D eigenvalue weighted by molar-refractivity contribution is 5.85. The molecule has 0 saturated carbocycles. The zero-order chi connectivity index (χ0) is 17.5. The van der Waals surface area contributed by atoms with Crippen molar-refractivity contribution < 1.29 is 14.3 Å². The normalized spacial score (nSPS) is 16.5. The number of nitrogens with one attached hydrogen (secondary N) is 2. The van der Waals surface area contributed by atoms with E-state index in [0.717, 1.165) is 19.3 Å². The van der Waals surface area contributed by atoms with Crippen LogP contribution in [-0.4, -0.2) is 30.2 Å². The van der Waals surface area contributed by atoms with E-state index in [0.29, 0.717) is 6.54 Å². The van der Waals surface area contributed by atoms with E-state index in [2.05, 4.69) is 16.7 Å². The quantitative estimate of drug-likeness (QED) is 0.734. The lowest BCUT2D eigenvalue weighted by atomic mass is 9.97. The molecule has 1 rings (SSSR count). The van der Waals surface area contributed by atoms with Crippen molar-refractivity contribution in [1.82, 2.24) is 10.6 Å². The SMILES string of the molecule is CC(C)C(NC(=O)OC(C)(C)C)C(=O)NCCC1=CCCCC1. The van der Waals surface area contributed by atoms with Gasteiger partial charge < -0.3 is 15.4 Å². The second-order valence-corrected chi connectivity index (χ2v) is 7.52. The van der Waals surface area contributed by atoms with Crippen LogP contribution >= 0.6 is 0 Å². The van der Waals surface area contributed by atoms with Gasteiger partial charge in [0.15, 0.2) is 0 Å². The number of allylic oxidation sites excluding steroid dienone is 1. The van der Waals surface area contributed by atoms with Crippen LogP contribution in [0.1, 0.15) is 66.7 Å². The Morgan fingerprint density at radius 1 is 1.26 bits per heavy atom. The third kappa shape index (κ3) is 8.05. The van der Waals surface area contributed by atoms with Crippen molar-refractivity contribution in [3.63, 3.8) is 0 Å². The van der Waals surface area contributed by atoms with Gasteiger partial charge in [0.25, 0.3) is 0 Å². The van der Waals surface area contributed by atoms with E-state index >= 15 is 0 Å². The Morgan fingerprint density at radius 2 is 1.96 bits per heavy atom. The molecule has 0 aliphatic heterocycles. The maximum Gasteiger partial charge on any atom is 0.408 e. The summed E-state index contributed by atoms with van der Waals surface area (Å²) in [4.78, 5) is 24.2. The van der Waals surface area contributed by atoms with Crippen LogP contribution in [0.4, 0.5) is 4.79 Å². The van der Waals surface area contributed by atoms with Crippen LogP contribution in [0.25, 0.3) is 0 Å². The highest BCUT2D eigenvalue weighted by Crippen LogP contribution is 2.19. The zero-order valence-electron chi connectivity index (χ0n) is 15.2. The molecule has 0 radical (unpaired) electrons. The van der Waals surface area contributed by atoms with Gasteiger partial charge in [0.2, 0.25) is 5.91 Å². The van der Waals surface area contributed by atoms with Crippen LogP contribution in [0.3, 0.4) is 0 Å². The van der Waals surface area contributed by atoms with Crippen LogP contribution in [-0.2, 0) is 9.53 Å². The molecule has 2 amide bonds. The lowest BCUT2D eigenvalue weighted by molar-refractivity contribution is -0.124. The number of carbonyl (C=O) groups is 2. The fourth-order valence-electron chi connectivity index (χ4n) is 2.56. The van der Waals surface area contributed by atoms with Gasteiger partial charge in [-0.25, -0.2) is 4.79 Å². The van der Waals surface area contributed by atoms with E-state index in [4.69, 9.17) is 4.74 Å². The van der Waals surface area contributed by atoms with Gasteiger partial charge in [0.1, 0.15) is 11.6 Å². The van der Waals surface area contributed by atoms with Crippen molar-refractivity contribution in [2.24, 2.45) is 5.92 Å². The molecule has 23 heavy (non-hydrogen) atoms. The Bertz CT molecular complexity index is 436. The first kappa shape index (κ1) is 19.5. The summed E-state index contributed by atoms with van der Waals surface area (Å²) in [5.74, 6) is -0.154. The standard InChI is InChI=1S/C18H32N2O3/c1-13(2)15(20-17(22)23-18(3,4)5)16(21)19-12-11-14-9-7-6-8-10-14/h9,13,15H,6-8,10-12H2,1-5H3,(H,19,21)(H,20,22). The molecular formula is C18H32N2O3. The third-order valence-electron chi connectivity index (χ3n) is 3.75. The number of rotatable bonds is 6. The molecule has 1 atom stereocenters. The summed E-state index contributed by atoms with van der Waals surface area (Å²) in [6.45, 7) is 9.83. The molecule has 0 fully saturated rings. The minimum absolute atomic E-state index is 0.00332. The number of hydrogen-bond acceptors (Lipinski definition) is 3. The highest BCUT2D eigenvalue weighted by Gasteiger charge is 2.26. The van der Waals surface area contributed by atoms with E-state index in [1.165, 1.54) is 18.4 Å². The van der Waals surface area contributed by atoms with E-state index in [1.807, 2.05) is 13.8 Å². The molecule has 0 heterocycles. The van der Waals surface area contributed by atoms with Gasteiger partial charge in [0, 0.05) is 6.54 Å². The molecule has 5 nitrogen and oxygen atoms in total. The first-order valence-electron chi connectivity index (χ1n) is 8.64. The van der Waals surface area contributed by atoms with E-state index in [9.17, 15) is 9.59 Å². The number of carbonyl (C=O) groups excluding carboxylic acids is 2. The Morgan fingerprint density at radius 3 is 2.48 bits per heavy atom. The molecule has 1 unspecified atom stereocenters. The molecular weight excluding hydrogens is 292 g/mol. The minimum Gasteiger partial charge on any atom is -0.444 e. The number of alkyl carbamates (subject to hydrolysis) is 1. The third-order valence-corrected chi connectivity index (χ3v) is 3.75. The molecule has 0 saturated heterocycles. The van der Waals surface area contributed by atoms with Gasteiger partial charge in [0.05, 0.1) is 0 Å². The van der Waals surface area contributed by atoms with Crippen molar-refractivity contribution in [1.29, 1.82) is 0 Å². The van der Waals surface area contributed by atoms with Crippen molar-refractivity contribution in [3.8, 4) is 0 Å². The highest BCUT2D eigenvalue weighted by atomic mass is 16.6. The predicted molar refractivity (Wildman–Crippen MR) is 92.2 cm³/mol. The van der Waals surface area contributed by atoms with Gasteiger partial charge in [-0.05, 0) is 58.8 Å². The first-order valence-corrected chi connectivity index (χ1v) is 8.64. The maximum absolute atomic E-state index is 12.3. The van der Waals surface area contributed by atoms with Gasteiger partial charge in [-0.2, -0.15) is 0 Å². The van der Waals surface area contributed by atoms with E-state index < -0.39 is 17.7 Å². The molecule has 5 heteroatoms. The van der Waals surface area contributed by atoms with Crippen molar-refractivity contribution in [2.75, 3.05) is 6.54 Å². The number of ether oxygens (including phenoxy) is 1. The second-order valence-electron chi connectivity index (χ2n) is 7.52. The average molecular weight is 324 g/mol. The van der Waals surface area contributed by atoms with E-state index in [1.54, 1.807) is 20.8 Å². The van der Waals surface area contributed by atoms with Gasteiger partial charge in [-0.1, -0.05) is 25.5 Å². The smallest absolute Gasteiger partial charge is 0.408 e. The lowest BCUT2D eigenvalue weighted by Gasteiger charge is -2.25. The summed E-state index contributed by atoms with van der Waals surface area (Å²) in [5, 5.41) is 5.60. The van der Waals surface area contributed by atoms with Gasteiger partial charge in [-0.15, -0.1) is 0 Å². The Balaban J connectivity index is 2.44. The molecule has 0 aromatic heterocycles. The molecule has 132 valence electrons. The number of hydrogen-bond donors (Lipinski definition) is 2.